The first kappa shape index (κ1) is 15.8. The molecular formula is C10H15N5O5S. The van der Waals surface area contributed by atoms with E-state index in [-0.39, 0.29) is 16.1 Å². The molecule has 116 valence electrons. The zero-order valence-corrected chi connectivity index (χ0v) is 11.5. The molecule has 0 bridgehead atoms. The highest BCUT2D eigenvalue weighted by molar-refractivity contribution is 7.71. The standard InChI is InChI=1S/C10H13N5O4S.H2O/c11-10-13-7-4(8(20)14-10)12-2-15(7)9-6(18)5(17)3(1-16)19-9;/h2-3,5-6,9,16-18H,1H2,(H3,11,13,14,20);1H2/t3?,5?,6?,9-;/m0./s1. The van der Waals surface area contributed by atoms with Crippen LogP contribution in [-0.4, -0.2) is 65.2 Å². The van der Waals surface area contributed by atoms with Crippen molar-refractivity contribution >= 4 is 29.3 Å². The van der Waals surface area contributed by atoms with Gasteiger partial charge < -0.3 is 36.3 Å². The van der Waals surface area contributed by atoms with E-state index in [0.717, 1.165) is 0 Å². The molecule has 3 rings (SSSR count). The molecule has 11 heteroatoms. The van der Waals surface area contributed by atoms with Gasteiger partial charge in [-0.25, -0.2) is 9.97 Å². The van der Waals surface area contributed by atoms with Crippen LogP contribution in [-0.2, 0) is 4.74 Å². The van der Waals surface area contributed by atoms with Gasteiger partial charge in [0.1, 0.15) is 29.5 Å². The molecule has 0 aromatic carbocycles. The molecule has 2 aromatic heterocycles. The number of anilines is 1. The second kappa shape index (κ2) is 5.63. The Kier molecular flexibility index (Phi) is 4.22. The largest absolute Gasteiger partial charge is 0.412 e. The lowest BCUT2D eigenvalue weighted by molar-refractivity contribution is -0.0511. The second-order valence-corrected chi connectivity index (χ2v) is 4.89. The molecule has 3 heterocycles. The molecule has 2 aromatic rings. The summed E-state index contributed by atoms with van der Waals surface area (Å²) in [5.41, 5.74) is 6.44. The first-order valence-electron chi connectivity index (χ1n) is 5.87. The van der Waals surface area contributed by atoms with E-state index in [2.05, 4.69) is 15.0 Å². The lowest BCUT2D eigenvalue weighted by Crippen LogP contribution is -2.33. The van der Waals surface area contributed by atoms with Gasteiger partial charge in [0.05, 0.1) is 12.9 Å². The van der Waals surface area contributed by atoms with Gasteiger partial charge in [0.2, 0.25) is 0 Å². The summed E-state index contributed by atoms with van der Waals surface area (Å²) in [5, 5.41) is 28.9. The van der Waals surface area contributed by atoms with Crippen LogP contribution in [0.5, 0.6) is 0 Å². The molecule has 0 spiro atoms. The van der Waals surface area contributed by atoms with E-state index in [1.54, 1.807) is 0 Å². The van der Waals surface area contributed by atoms with Crippen molar-refractivity contribution < 1.29 is 25.5 Å². The molecule has 1 aliphatic rings. The van der Waals surface area contributed by atoms with Crippen LogP contribution >= 0.6 is 12.2 Å². The number of ether oxygens (including phenoxy) is 1. The number of aliphatic hydroxyl groups excluding tert-OH is 3. The first-order valence-corrected chi connectivity index (χ1v) is 6.28. The molecule has 1 fully saturated rings. The van der Waals surface area contributed by atoms with Gasteiger partial charge in [0, 0.05) is 0 Å². The Balaban J connectivity index is 0.00000161. The highest BCUT2D eigenvalue weighted by Crippen LogP contribution is 2.31. The zero-order chi connectivity index (χ0) is 14.4. The monoisotopic (exact) mass is 317 g/mol. The number of aromatic nitrogens is 4. The van der Waals surface area contributed by atoms with Crippen molar-refractivity contribution in [1.82, 2.24) is 19.5 Å². The molecule has 8 N–H and O–H groups in total. The van der Waals surface area contributed by atoms with Gasteiger partial charge in [-0.1, -0.05) is 12.2 Å². The number of H-pyrrole nitrogens is 1. The molecule has 3 unspecified atom stereocenters. The third-order valence-corrected chi connectivity index (χ3v) is 3.54. The molecule has 0 radical (unpaired) electrons. The molecule has 10 nitrogen and oxygen atoms in total. The maximum atomic E-state index is 10.0. The minimum Gasteiger partial charge on any atom is -0.412 e. The Hall–Kier alpha value is -1.63. The van der Waals surface area contributed by atoms with Crippen molar-refractivity contribution in [2.24, 2.45) is 0 Å². The summed E-state index contributed by atoms with van der Waals surface area (Å²) >= 11 is 5.05. The van der Waals surface area contributed by atoms with Gasteiger partial charge >= 0.3 is 0 Å². The maximum absolute atomic E-state index is 10.0. The molecule has 1 saturated heterocycles. The third-order valence-electron chi connectivity index (χ3n) is 3.26. The summed E-state index contributed by atoms with van der Waals surface area (Å²) in [6, 6.07) is 0. The summed E-state index contributed by atoms with van der Waals surface area (Å²) in [7, 11) is 0. The smallest absolute Gasteiger partial charge is 0.200 e. The van der Waals surface area contributed by atoms with E-state index in [1.807, 2.05) is 0 Å². The quantitative estimate of drug-likeness (QED) is 0.390. The highest BCUT2D eigenvalue weighted by atomic mass is 32.1. The Morgan fingerprint density at radius 2 is 2.14 bits per heavy atom. The van der Waals surface area contributed by atoms with E-state index >= 15 is 0 Å². The number of hydrogen-bond acceptors (Lipinski definition) is 8. The van der Waals surface area contributed by atoms with Crippen LogP contribution in [0.2, 0.25) is 0 Å². The summed E-state index contributed by atoms with van der Waals surface area (Å²) in [6.45, 7) is -0.402. The molecular weight excluding hydrogens is 302 g/mol. The minimum absolute atomic E-state index is 0. The lowest BCUT2D eigenvalue weighted by Gasteiger charge is -2.16. The van der Waals surface area contributed by atoms with Crippen LogP contribution in [0.3, 0.4) is 0 Å². The SMILES string of the molecule is Nc1nc(=S)c2ncn([C@H]3OC(CO)C(O)C3O)c2[nH]1.O. The van der Waals surface area contributed by atoms with Crippen molar-refractivity contribution in [1.29, 1.82) is 0 Å². The fourth-order valence-electron chi connectivity index (χ4n) is 2.26. The van der Waals surface area contributed by atoms with E-state index in [9.17, 15) is 10.2 Å². The molecule has 4 atom stereocenters. The summed E-state index contributed by atoms with van der Waals surface area (Å²) < 4.78 is 7.11. The highest BCUT2D eigenvalue weighted by Gasteiger charge is 2.43. The predicted molar refractivity (Wildman–Crippen MR) is 73.7 cm³/mol. The van der Waals surface area contributed by atoms with Crippen LogP contribution in [0.15, 0.2) is 6.33 Å². The number of aliphatic hydroxyl groups is 3. The Morgan fingerprint density at radius 3 is 2.76 bits per heavy atom. The first-order chi connectivity index (χ1) is 9.52. The topological polar surface area (TPSA) is 174 Å². The van der Waals surface area contributed by atoms with E-state index in [1.165, 1.54) is 10.9 Å². The van der Waals surface area contributed by atoms with Gasteiger partial charge in [0.25, 0.3) is 0 Å². The fraction of sp³-hybridized carbons (Fsp3) is 0.500. The molecule has 1 aliphatic heterocycles. The van der Waals surface area contributed by atoms with Crippen molar-refractivity contribution in [3.63, 3.8) is 0 Å². The van der Waals surface area contributed by atoms with E-state index in [4.69, 9.17) is 27.8 Å². The number of nitrogen functional groups attached to an aromatic ring is 1. The number of nitrogens with one attached hydrogen (secondary N) is 1. The maximum Gasteiger partial charge on any atom is 0.200 e. The van der Waals surface area contributed by atoms with Crippen molar-refractivity contribution in [2.45, 2.75) is 24.5 Å². The van der Waals surface area contributed by atoms with E-state index in [0.29, 0.717) is 11.2 Å². The van der Waals surface area contributed by atoms with Gasteiger partial charge in [-0.05, 0) is 0 Å². The summed E-state index contributed by atoms with van der Waals surface area (Å²) in [5.74, 6) is 0.107. The van der Waals surface area contributed by atoms with Crippen LogP contribution < -0.4 is 5.73 Å². The molecule has 0 aliphatic carbocycles. The lowest BCUT2D eigenvalue weighted by atomic mass is 10.1. The normalized spacial score (nSPS) is 28.7. The van der Waals surface area contributed by atoms with Crippen LogP contribution in [0.25, 0.3) is 11.2 Å². The van der Waals surface area contributed by atoms with Crippen molar-refractivity contribution in [3.8, 4) is 0 Å². The minimum atomic E-state index is -1.21. The Labute approximate surface area is 123 Å². The fourth-order valence-corrected chi connectivity index (χ4v) is 2.50. The van der Waals surface area contributed by atoms with E-state index < -0.39 is 31.1 Å². The molecule has 21 heavy (non-hydrogen) atoms. The third kappa shape index (κ3) is 2.39. The number of rotatable bonds is 2. The van der Waals surface area contributed by atoms with Crippen molar-refractivity contribution in [3.05, 3.63) is 11.0 Å². The summed E-state index contributed by atoms with van der Waals surface area (Å²) in [4.78, 5) is 10.8. The number of imidazole rings is 1. The van der Waals surface area contributed by atoms with Gasteiger partial charge in [0.15, 0.2) is 16.8 Å². The van der Waals surface area contributed by atoms with Crippen LogP contribution in [0.1, 0.15) is 6.23 Å². The van der Waals surface area contributed by atoms with Crippen LogP contribution in [0, 0.1) is 4.64 Å². The number of nitrogens with two attached hydrogens (primary N) is 1. The number of hydrogen-bond donors (Lipinski definition) is 5. The van der Waals surface area contributed by atoms with Crippen molar-refractivity contribution in [2.75, 3.05) is 12.3 Å². The molecule has 0 saturated carbocycles. The van der Waals surface area contributed by atoms with Gasteiger partial charge in [-0.3, -0.25) is 4.57 Å². The zero-order valence-electron chi connectivity index (χ0n) is 10.7. The predicted octanol–water partition coefficient (Wildman–Crippen LogP) is -2.14. The average molecular weight is 317 g/mol. The number of aromatic amines is 1. The second-order valence-electron chi connectivity index (χ2n) is 4.51. The summed E-state index contributed by atoms with van der Waals surface area (Å²) in [6.07, 6.45) is -2.77. The Bertz CT molecular complexity index is 703. The average Bonchev–Trinajstić information content (AvgIpc) is 2.93. The van der Waals surface area contributed by atoms with Gasteiger partial charge in [-0.15, -0.1) is 0 Å². The number of nitrogens with zero attached hydrogens (tertiary/aromatic N) is 3. The number of fused-ring (bicyclic) bond motifs is 1. The van der Waals surface area contributed by atoms with Crippen LogP contribution in [0.4, 0.5) is 5.95 Å². The van der Waals surface area contributed by atoms with Gasteiger partial charge in [-0.2, -0.15) is 0 Å². The molecule has 0 amide bonds. The Morgan fingerprint density at radius 1 is 1.43 bits per heavy atom.